The lowest BCUT2D eigenvalue weighted by atomic mass is 10.1. The number of guanidine groups is 1. The van der Waals surface area contributed by atoms with Gasteiger partial charge in [-0.05, 0) is 43.2 Å². The zero-order valence-corrected chi connectivity index (χ0v) is 20.2. The van der Waals surface area contributed by atoms with Gasteiger partial charge in [-0.25, -0.2) is 9.37 Å². The number of hydrogen-bond donors (Lipinski definition) is 1. The second-order valence-electron chi connectivity index (χ2n) is 7.65. The second-order valence-corrected chi connectivity index (χ2v) is 7.65. The van der Waals surface area contributed by atoms with Crippen molar-refractivity contribution in [2.45, 2.75) is 32.1 Å². The molecule has 0 amide bonds. The van der Waals surface area contributed by atoms with Crippen molar-refractivity contribution in [2.75, 3.05) is 26.7 Å². The zero-order valence-electron chi connectivity index (χ0n) is 17.9. The number of morpholine rings is 1. The minimum atomic E-state index is -0.234. The maximum atomic E-state index is 13.3. The number of halogens is 2. The van der Waals surface area contributed by atoms with E-state index in [9.17, 15) is 4.39 Å². The number of aryl methyl sites for hydroxylation is 1. The fraction of sp³-hybridized carbons (Fsp3) is 0.391. The summed E-state index contributed by atoms with van der Waals surface area (Å²) in [5, 5.41) is 3.48. The van der Waals surface area contributed by atoms with Crippen molar-refractivity contribution in [2.24, 2.45) is 4.99 Å². The van der Waals surface area contributed by atoms with E-state index in [-0.39, 0.29) is 42.0 Å². The van der Waals surface area contributed by atoms with E-state index in [0.29, 0.717) is 6.54 Å². The summed E-state index contributed by atoms with van der Waals surface area (Å²) in [6.45, 7) is 5.21. The van der Waals surface area contributed by atoms with Gasteiger partial charge in [0.1, 0.15) is 11.9 Å². The van der Waals surface area contributed by atoms with Crippen LogP contribution in [0.5, 0.6) is 0 Å². The lowest BCUT2D eigenvalue weighted by molar-refractivity contribution is -0.0605. The van der Waals surface area contributed by atoms with Crippen molar-refractivity contribution in [3.8, 4) is 0 Å². The number of benzene rings is 2. The van der Waals surface area contributed by atoms with Crippen LogP contribution in [0.15, 0.2) is 59.9 Å². The van der Waals surface area contributed by atoms with Gasteiger partial charge in [0.15, 0.2) is 5.96 Å². The molecule has 2 heterocycles. The molecule has 1 N–H and O–H groups in total. The van der Waals surface area contributed by atoms with Gasteiger partial charge in [0.25, 0.3) is 0 Å². The number of aliphatic imine (C=N–C) groups is 1. The molecule has 0 saturated carbocycles. The topological polar surface area (TPSA) is 54.7 Å². The van der Waals surface area contributed by atoms with Gasteiger partial charge in [-0.15, -0.1) is 24.0 Å². The minimum absolute atomic E-state index is 0. The minimum Gasteiger partial charge on any atom is -0.367 e. The first kappa shape index (κ1) is 23.5. The summed E-state index contributed by atoms with van der Waals surface area (Å²) < 4.78 is 21.5. The van der Waals surface area contributed by atoms with E-state index < -0.39 is 0 Å². The molecule has 1 fully saturated rings. The predicted octanol–water partition coefficient (Wildman–Crippen LogP) is 4.22. The van der Waals surface area contributed by atoms with E-state index in [1.807, 2.05) is 24.5 Å². The summed E-state index contributed by atoms with van der Waals surface area (Å²) >= 11 is 0. The molecule has 2 aromatic carbocycles. The molecule has 1 aliphatic heterocycles. The predicted molar refractivity (Wildman–Crippen MR) is 132 cm³/mol. The molecule has 166 valence electrons. The second kappa shape index (κ2) is 10.9. The third-order valence-electron chi connectivity index (χ3n) is 5.40. The van der Waals surface area contributed by atoms with Crippen molar-refractivity contribution in [3.05, 3.63) is 66.2 Å². The normalized spacial score (nSPS) is 19.3. The molecule has 1 aliphatic rings. The molecule has 1 saturated heterocycles. The first-order valence-electron chi connectivity index (χ1n) is 10.4. The highest BCUT2D eigenvalue weighted by molar-refractivity contribution is 14.0. The van der Waals surface area contributed by atoms with Gasteiger partial charge in [-0.3, -0.25) is 4.99 Å². The highest BCUT2D eigenvalue weighted by atomic mass is 127. The monoisotopic (exact) mass is 537 g/mol. The van der Waals surface area contributed by atoms with Gasteiger partial charge in [0, 0.05) is 26.7 Å². The maximum absolute atomic E-state index is 13.3. The maximum Gasteiger partial charge on any atom is 0.193 e. The van der Waals surface area contributed by atoms with Gasteiger partial charge < -0.3 is 19.5 Å². The Kier molecular flexibility index (Phi) is 8.25. The molecule has 0 aliphatic carbocycles. The molecule has 2 atom stereocenters. The van der Waals surface area contributed by atoms with Gasteiger partial charge in [0.2, 0.25) is 0 Å². The summed E-state index contributed by atoms with van der Waals surface area (Å²) in [5.41, 5.74) is 3.16. The summed E-state index contributed by atoms with van der Waals surface area (Å²) in [4.78, 5) is 11.1. The van der Waals surface area contributed by atoms with Crippen molar-refractivity contribution < 1.29 is 9.13 Å². The highest BCUT2D eigenvalue weighted by Gasteiger charge is 2.28. The van der Waals surface area contributed by atoms with E-state index in [0.717, 1.165) is 48.6 Å². The Bertz CT molecular complexity index is 1010. The number of imidazole rings is 1. The van der Waals surface area contributed by atoms with Gasteiger partial charge in [0.05, 0.1) is 30.0 Å². The van der Waals surface area contributed by atoms with Crippen LogP contribution in [0.25, 0.3) is 11.0 Å². The van der Waals surface area contributed by atoms with Crippen molar-refractivity contribution in [1.82, 2.24) is 19.8 Å². The quantitative estimate of drug-likeness (QED) is 0.229. The van der Waals surface area contributed by atoms with Crippen LogP contribution in [0.3, 0.4) is 0 Å². The Morgan fingerprint density at radius 3 is 2.74 bits per heavy atom. The number of para-hydroxylation sites is 2. The molecule has 4 rings (SSSR count). The van der Waals surface area contributed by atoms with Crippen molar-refractivity contribution >= 4 is 41.0 Å². The largest absolute Gasteiger partial charge is 0.367 e. The van der Waals surface area contributed by atoms with Crippen LogP contribution in [-0.2, 0) is 11.3 Å². The average molecular weight is 537 g/mol. The number of nitrogens with zero attached hydrogens (tertiary/aromatic N) is 4. The van der Waals surface area contributed by atoms with Crippen LogP contribution in [-0.4, -0.2) is 53.2 Å². The zero-order chi connectivity index (χ0) is 20.9. The van der Waals surface area contributed by atoms with Gasteiger partial charge in [-0.1, -0.05) is 24.3 Å². The third-order valence-corrected chi connectivity index (χ3v) is 5.40. The van der Waals surface area contributed by atoms with Crippen LogP contribution < -0.4 is 5.32 Å². The Morgan fingerprint density at radius 2 is 1.97 bits per heavy atom. The Hall–Kier alpha value is -2.20. The number of ether oxygens (including phenoxy) is 1. The Labute approximate surface area is 199 Å². The summed E-state index contributed by atoms with van der Waals surface area (Å²) in [5.74, 6) is 0.635. The lowest BCUT2D eigenvalue weighted by Crippen LogP contribution is -2.50. The number of aromatic nitrogens is 2. The first-order chi connectivity index (χ1) is 14.6. The molecule has 2 unspecified atom stereocenters. The van der Waals surface area contributed by atoms with Crippen LogP contribution in [0.2, 0.25) is 0 Å². The van der Waals surface area contributed by atoms with Crippen molar-refractivity contribution in [3.63, 3.8) is 0 Å². The standard InChI is InChI=1S/C23H28FN5O.HI/c1-17-14-29(15-22(30-17)18-8-10-19(24)11-9-18)23(25-2)26-12-5-13-28-16-27-20-6-3-4-7-21(20)28;/h3-4,6-11,16-17,22H,5,12-15H2,1-2H3,(H,25,26);1H. The van der Waals surface area contributed by atoms with Crippen LogP contribution in [0, 0.1) is 5.82 Å². The fourth-order valence-corrected chi connectivity index (χ4v) is 3.96. The third kappa shape index (κ3) is 5.74. The SMILES string of the molecule is CN=C(NCCCn1cnc2ccccc21)N1CC(C)OC(c2ccc(F)cc2)C1.I. The van der Waals surface area contributed by atoms with E-state index in [1.54, 1.807) is 19.2 Å². The van der Waals surface area contributed by atoms with E-state index in [1.165, 1.54) is 12.1 Å². The molecule has 3 aromatic rings. The molecule has 6 nitrogen and oxygen atoms in total. The summed E-state index contributed by atoms with van der Waals surface area (Å²) in [6, 6.07) is 14.7. The first-order valence-corrected chi connectivity index (χ1v) is 10.4. The van der Waals surface area contributed by atoms with E-state index in [4.69, 9.17) is 4.74 Å². The molecule has 8 heteroatoms. The molecule has 1 aromatic heterocycles. The number of fused-ring (bicyclic) bond motifs is 1. The molecule has 0 radical (unpaired) electrons. The summed E-state index contributed by atoms with van der Waals surface area (Å²) in [6.07, 6.45) is 2.81. The summed E-state index contributed by atoms with van der Waals surface area (Å²) in [7, 11) is 1.80. The molecular weight excluding hydrogens is 508 g/mol. The highest BCUT2D eigenvalue weighted by Crippen LogP contribution is 2.25. The lowest BCUT2D eigenvalue weighted by Gasteiger charge is -2.38. The molecule has 31 heavy (non-hydrogen) atoms. The molecule has 0 spiro atoms. The number of rotatable bonds is 5. The van der Waals surface area contributed by atoms with E-state index >= 15 is 0 Å². The van der Waals surface area contributed by atoms with Crippen LogP contribution >= 0.6 is 24.0 Å². The van der Waals surface area contributed by atoms with Gasteiger partial charge in [-0.2, -0.15) is 0 Å². The average Bonchev–Trinajstić information content (AvgIpc) is 3.17. The fourth-order valence-electron chi connectivity index (χ4n) is 3.96. The van der Waals surface area contributed by atoms with E-state index in [2.05, 4.69) is 37.8 Å². The Balaban J connectivity index is 0.00000272. The van der Waals surface area contributed by atoms with Crippen LogP contribution in [0.4, 0.5) is 4.39 Å². The van der Waals surface area contributed by atoms with Gasteiger partial charge >= 0.3 is 0 Å². The molecule has 0 bridgehead atoms. The molecular formula is C23H29FIN5O. The van der Waals surface area contributed by atoms with Crippen LogP contribution in [0.1, 0.15) is 25.0 Å². The Morgan fingerprint density at radius 1 is 1.19 bits per heavy atom. The number of nitrogens with one attached hydrogen (secondary N) is 1. The smallest absolute Gasteiger partial charge is 0.193 e. The van der Waals surface area contributed by atoms with Crippen molar-refractivity contribution in [1.29, 1.82) is 0 Å². The number of hydrogen-bond acceptors (Lipinski definition) is 3.